The molecule has 2 aromatic carbocycles. The van der Waals surface area contributed by atoms with Crippen LogP contribution < -0.4 is 0 Å². The fourth-order valence-electron chi connectivity index (χ4n) is 2.44. The third-order valence-electron chi connectivity index (χ3n) is 3.74. The summed E-state index contributed by atoms with van der Waals surface area (Å²) in [6, 6.07) is 12.4. The maximum Gasteiger partial charge on any atom is 0.263 e. The summed E-state index contributed by atoms with van der Waals surface area (Å²) in [5, 5.41) is 2.82. The molecule has 3 rings (SSSR count). The summed E-state index contributed by atoms with van der Waals surface area (Å²) in [7, 11) is -5.66. The Morgan fingerprint density at radius 1 is 1.05 bits per heavy atom. The summed E-state index contributed by atoms with van der Waals surface area (Å²) in [6.07, 6.45) is 0.214. The van der Waals surface area contributed by atoms with Gasteiger partial charge in [-0.3, -0.25) is 4.31 Å². The largest absolute Gasteiger partial charge is 0.273 e. The highest BCUT2D eigenvalue weighted by atomic mass is 32.2. The van der Waals surface area contributed by atoms with Crippen LogP contribution >= 0.6 is 0 Å². The molecule has 0 aromatic heterocycles. The second-order valence-electron chi connectivity index (χ2n) is 5.21. The molecule has 0 atom stereocenters. The predicted molar refractivity (Wildman–Crippen MR) is 85.4 cm³/mol. The molecule has 0 aliphatic carbocycles. The molecule has 1 aliphatic rings. The molecule has 0 unspecified atom stereocenters. The van der Waals surface area contributed by atoms with Gasteiger partial charge < -0.3 is 0 Å². The van der Waals surface area contributed by atoms with Gasteiger partial charge in [-0.05, 0) is 22.9 Å². The van der Waals surface area contributed by atoms with E-state index in [0.29, 0.717) is 5.70 Å². The van der Waals surface area contributed by atoms with Crippen LogP contribution in [0.2, 0.25) is 0 Å². The van der Waals surface area contributed by atoms with E-state index in [-0.39, 0.29) is 17.1 Å². The zero-order chi connectivity index (χ0) is 16.0. The Balaban J connectivity index is 2.04. The minimum atomic E-state index is -3.76. The van der Waals surface area contributed by atoms with Gasteiger partial charge in [-0.15, -0.1) is 0 Å². The molecule has 0 amide bonds. The minimum Gasteiger partial charge on any atom is -0.273 e. The normalized spacial score (nSPS) is 17.4. The van der Waals surface area contributed by atoms with Gasteiger partial charge in [0.25, 0.3) is 10.0 Å². The number of hydrogen-bond acceptors (Lipinski definition) is 4. The Hall–Kier alpha value is -1.86. The Morgan fingerprint density at radius 3 is 2.36 bits per heavy atom. The summed E-state index contributed by atoms with van der Waals surface area (Å²) in [6.45, 7) is 0. The van der Waals surface area contributed by atoms with Gasteiger partial charge >= 0.3 is 0 Å². The van der Waals surface area contributed by atoms with E-state index in [1.165, 1.54) is 13.1 Å². The Morgan fingerprint density at radius 2 is 1.73 bits per heavy atom. The SMILES string of the molecule is CN(C1=CS(=O)(=O)CC1)S(=O)(=O)c1ccc2ccccc2c1. The van der Waals surface area contributed by atoms with Crippen LogP contribution in [-0.4, -0.2) is 33.9 Å². The summed E-state index contributed by atoms with van der Waals surface area (Å²) in [5.41, 5.74) is 0.299. The molecule has 0 bridgehead atoms. The number of sulfonamides is 1. The monoisotopic (exact) mass is 337 g/mol. The quantitative estimate of drug-likeness (QED) is 0.860. The van der Waals surface area contributed by atoms with Crippen LogP contribution in [0.1, 0.15) is 6.42 Å². The molecule has 1 aliphatic heterocycles. The molecule has 5 nitrogen and oxygen atoms in total. The smallest absolute Gasteiger partial charge is 0.263 e. The topological polar surface area (TPSA) is 71.5 Å². The number of rotatable bonds is 3. The first-order chi connectivity index (χ1) is 10.3. The van der Waals surface area contributed by atoms with Crippen LogP contribution in [0.4, 0.5) is 0 Å². The van der Waals surface area contributed by atoms with E-state index in [4.69, 9.17) is 0 Å². The Labute approximate surface area is 129 Å². The second kappa shape index (κ2) is 5.10. The standard InChI is InChI=1S/C15H15NO4S2/c1-16(14-8-9-21(17,18)11-14)22(19,20)15-7-6-12-4-2-3-5-13(12)10-15/h2-7,10-11H,8-9H2,1H3. The summed E-state index contributed by atoms with van der Waals surface area (Å²) in [4.78, 5) is 0.152. The Kier molecular flexibility index (Phi) is 3.49. The molecule has 0 spiro atoms. The first-order valence-electron chi connectivity index (χ1n) is 6.71. The van der Waals surface area contributed by atoms with E-state index in [0.717, 1.165) is 20.5 Å². The molecule has 2 aromatic rings. The van der Waals surface area contributed by atoms with Crippen LogP contribution in [0, 0.1) is 0 Å². The van der Waals surface area contributed by atoms with Crippen molar-refractivity contribution < 1.29 is 16.8 Å². The van der Waals surface area contributed by atoms with E-state index in [2.05, 4.69) is 0 Å². The van der Waals surface area contributed by atoms with Crippen molar-refractivity contribution in [2.75, 3.05) is 12.8 Å². The highest BCUT2D eigenvalue weighted by Crippen LogP contribution is 2.27. The van der Waals surface area contributed by atoms with Gasteiger partial charge in [-0.25, -0.2) is 16.8 Å². The zero-order valence-electron chi connectivity index (χ0n) is 11.9. The lowest BCUT2D eigenvalue weighted by atomic mass is 10.1. The fourth-order valence-corrected chi connectivity index (χ4v) is 5.10. The van der Waals surface area contributed by atoms with Gasteiger partial charge in [0.2, 0.25) is 0 Å². The Bertz CT molecular complexity index is 976. The van der Waals surface area contributed by atoms with E-state index in [1.807, 2.05) is 24.3 Å². The first kappa shape index (κ1) is 15.1. The van der Waals surface area contributed by atoms with Gasteiger partial charge in [-0.2, -0.15) is 0 Å². The summed E-state index contributed by atoms with van der Waals surface area (Å²) >= 11 is 0. The van der Waals surface area contributed by atoms with Crippen molar-refractivity contribution in [2.24, 2.45) is 0 Å². The number of benzene rings is 2. The number of sulfone groups is 1. The van der Waals surface area contributed by atoms with Crippen molar-refractivity contribution in [2.45, 2.75) is 11.3 Å². The highest BCUT2D eigenvalue weighted by Gasteiger charge is 2.28. The van der Waals surface area contributed by atoms with Gasteiger partial charge in [0.15, 0.2) is 9.84 Å². The second-order valence-corrected chi connectivity index (χ2v) is 9.15. The van der Waals surface area contributed by atoms with Crippen LogP contribution in [0.5, 0.6) is 0 Å². The van der Waals surface area contributed by atoms with E-state index >= 15 is 0 Å². The van der Waals surface area contributed by atoms with Crippen molar-refractivity contribution in [3.05, 3.63) is 53.6 Å². The maximum atomic E-state index is 12.7. The van der Waals surface area contributed by atoms with Crippen LogP contribution in [0.25, 0.3) is 10.8 Å². The first-order valence-corrected chi connectivity index (χ1v) is 9.86. The molecule has 0 fully saturated rings. The molecule has 116 valence electrons. The van der Waals surface area contributed by atoms with Crippen molar-refractivity contribution in [3.63, 3.8) is 0 Å². The zero-order valence-corrected chi connectivity index (χ0v) is 13.6. The van der Waals surface area contributed by atoms with Gasteiger partial charge in [0, 0.05) is 19.2 Å². The van der Waals surface area contributed by atoms with Crippen LogP contribution in [0.15, 0.2) is 58.5 Å². The molecule has 0 saturated carbocycles. The minimum absolute atomic E-state index is 0.0418. The van der Waals surface area contributed by atoms with E-state index in [9.17, 15) is 16.8 Å². The summed E-state index contributed by atoms with van der Waals surface area (Å²) in [5.74, 6) is -0.0418. The van der Waals surface area contributed by atoms with Crippen LogP contribution in [0.3, 0.4) is 0 Å². The average Bonchev–Trinajstić information content (AvgIpc) is 2.86. The molecule has 7 heteroatoms. The average molecular weight is 337 g/mol. The lowest BCUT2D eigenvalue weighted by molar-refractivity contribution is 0.518. The van der Waals surface area contributed by atoms with Crippen molar-refractivity contribution in [1.82, 2.24) is 4.31 Å². The number of nitrogens with zero attached hydrogens (tertiary/aromatic N) is 1. The van der Waals surface area contributed by atoms with Gasteiger partial charge in [0.1, 0.15) is 0 Å². The molecular weight excluding hydrogens is 322 g/mol. The van der Waals surface area contributed by atoms with Crippen molar-refractivity contribution in [1.29, 1.82) is 0 Å². The van der Waals surface area contributed by atoms with Crippen molar-refractivity contribution >= 4 is 30.6 Å². The number of allylic oxidation sites excluding steroid dienone is 1. The third-order valence-corrected chi connectivity index (χ3v) is 6.95. The third kappa shape index (κ3) is 2.62. The molecule has 0 N–H and O–H groups in total. The summed E-state index contributed by atoms with van der Waals surface area (Å²) < 4.78 is 49.4. The number of hydrogen-bond donors (Lipinski definition) is 0. The van der Waals surface area contributed by atoms with Crippen LogP contribution in [-0.2, 0) is 19.9 Å². The lowest BCUT2D eigenvalue weighted by Gasteiger charge is -2.20. The molecule has 1 heterocycles. The maximum absolute atomic E-state index is 12.7. The van der Waals surface area contributed by atoms with Gasteiger partial charge in [0.05, 0.1) is 16.1 Å². The molecular formula is C15H15NO4S2. The van der Waals surface area contributed by atoms with E-state index < -0.39 is 19.9 Å². The highest BCUT2D eigenvalue weighted by molar-refractivity contribution is 7.94. The van der Waals surface area contributed by atoms with Crippen molar-refractivity contribution in [3.8, 4) is 0 Å². The predicted octanol–water partition coefficient (Wildman–Crippen LogP) is 2.12. The number of fused-ring (bicyclic) bond motifs is 1. The van der Waals surface area contributed by atoms with Gasteiger partial charge in [-0.1, -0.05) is 30.3 Å². The van der Waals surface area contributed by atoms with E-state index in [1.54, 1.807) is 12.1 Å². The molecule has 0 saturated heterocycles. The molecule has 22 heavy (non-hydrogen) atoms. The lowest BCUT2D eigenvalue weighted by Crippen LogP contribution is -2.25. The molecule has 0 radical (unpaired) electrons. The fraction of sp³-hybridized carbons (Fsp3) is 0.200.